The normalized spacial score (nSPS) is 11.9. The first-order valence-corrected chi connectivity index (χ1v) is 11.1. The zero-order valence-electron chi connectivity index (χ0n) is 16.2. The third-order valence-corrected chi connectivity index (χ3v) is 6.41. The van der Waals surface area contributed by atoms with Gasteiger partial charge in [0.1, 0.15) is 12.6 Å². The zero-order chi connectivity index (χ0) is 21.8. The Labute approximate surface area is 192 Å². The topological polar surface area (TPSA) is 71.2 Å². The largest absolute Gasteiger partial charge is 0.459 e. The van der Waals surface area contributed by atoms with Gasteiger partial charge in [0.15, 0.2) is 0 Å². The third-order valence-electron chi connectivity index (χ3n) is 4.80. The fraction of sp³-hybridized carbons (Fsp3) is 0.130. The molecule has 0 saturated heterocycles. The van der Waals surface area contributed by atoms with Crippen LogP contribution in [-0.2, 0) is 22.6 Å². The number of rotatable bonds is 7. The highest BCUT2D eigenvalue weighted by Gasteiger charge is 2.25. The summed E-state index contributed by atoms with van der Waals surface area (Å²) in [5.41, 5.74) is 2.58. The lowest BCUT2D eigenvalue weighted by molar-refractivity contribution is -0.147. The van der Waals surface area contributed by atoms with Crippen LogP contribution in [0, 0.1) is 0 Å². The summed E-state index contributed by atoms with van der Waals surface area (Å²) < 4.78 is 5.50. The quantitative estimate of drug-likeness (QED) is 0.342. The number of benzene rings is 2. The van der Waals surface area contributed by atoms with Gasteiger partial charge < -0.3 is 15.0 Å². The van der Waals surface area contributed by atoms with Gasteiger partial charge in [-0.2, -0.15) is 0 Å². The van der Waals surface area contributed by atoms with Gasteiger partial charge in [-0.3, -0.25) is 4.79 Å². The van der Waals surface area contributed by atoms with Gasteiger partial charge in [0.25, 0.3) is 5.91 Å². The Balaban J connectivity index is 1.52. The molecule has 1 amide bonds. The summed E-state index contributed by atoms with van der Waals surface area (Å²) in [4.78, 5) is 29.3. The first-order valence-electron chi connectivity index (χ1n) is 9.51. The van der Waals surface area contributed by atoms with E-state index in [9.17, 15) is 9.59 Å². The van der Waals surface area contributed by atoms with E-state index in [-0.39, 0.29) is 12.5 Å². The van der Waals surface area contributed by atoms with Gasteiger partial charge in [0.05, 0.1) is 14.9 Å². The molecule has 4 rings (SSSR count). The smallest absolute Gasteiger partial charge is 0.329 e. The molecule has 0 saturated carbocycles. The van der Waals surface area contributed by atoms with Crippen LogP contribution >= 0.6 is 34.5 Å². The van der Waals surface area contributed by atoms with Crippen molar-refractivity contribution < 1.29 is 14.3 Å². The van der Waals surface area contributed by atoms with E-state index in [1.165, 1.54) is 11.3 Å². The number of esters is 1. The molecule has 5 nitrogen and oxygen atoms in total. The minimum absolute atomic E-state index is 0.0228. The monoisotopic (exact) mass is 472 g/mol. The van der Waals surface area contributed by atoms with Crippen molar-refractivity contribution in [2.45, 2.75) is 19.1 Å². The number of ether oxygens (including phenoxy) is 1. The van der Waals surface area contributed by atoms with E-state index in [2.05, 4.69) is 10.3 Å². The van der Waals surface area contributed by atoms with Crippen LogP contribution in [0.3, 0.4) is 0 Å². The highest BCUT2D eigenvalue weighted by atomic mass is 35.5. The average molecular weight is 473 g/mol. The highest BCUT2D eigenvalue weighted by molar-refractivity contribution is 7.12. The molecule has 0 aliphatic carbocycles. The van der Waals surface area contributed by atoms with Gasteiger partial charge in [0.2, 0.25) is 0 Å². The van der Waals surface area contributed by atoms with Crippen LogP contribution in [0.5, 0.6) is 0 Å². The first-order chi connectivity index (χ1) is 15.0. The molecule has 0 aliphatic rings. The number of halogens is 2. The predicted molar refractivity (Wildman–Crippen MR) is 124 cm³/mol. The molecule has 158 valence electrons. The van der Waals surface area contributed by atoms with Crippen molar-refractivity contribution in [2.24, 2.45) is 0 Å². The molecular formula is C23H18Cl2N2O3S. The number of aromatic amines is 1. The number of thiophene rings is 1. The molecular weight excluding hydrogens is 455 g/mol. The molecule has 2 N–H and O–H groups in total. The van der Waals surface area contributed by atoms with E-state index in [4.69, 9.17) is 27.9 Å². The van der Waals surface area contributed by atoms with E-state index >= 15 is 0 Å². The molecule has 4 aromatic rings. The van der Waals surface area contributed by atoms with Gasteiger partial charge in [0, 0.05) is 23.5 Å². The summed E-state index contributed by atoms with van der Waals surface area (Å²) in [5.74, 6) is -0.840. The minimum Gasteiger partial charge on any atom is -0.459 e. The van der Waals surface area contributed by atoms with Gasteiger partial charge in [-0.05, 0) is 40.8 Å². The second kappa shape index (κ2) is 9.56. The summed E-state index contributed by atoms with van der Waals surface area (Å²) in [7, 11) is 0. The second-order valence-corrected chi connectivity index (χ2v) is 8.69. The average Bonchev–Trinajstić information content (AvgIpc) is 3.44. The molecule has 2 aromatic carbocycles. The number of aromatic nitrogens is 1. The van der Waals surface area contributed by atoms with Gasteiger partial charge in [-0.1, -0.05) is 53.5 Å². The van der Waals surface area contributed by atoms with Gasteiger partial charge in [-0.15, -0.1) is 11.3 Å². The van der Waals surface area contributed by atoms with Crippen LogP contribution in [0.25, 0.3) is 10.9 Å². The van der Waals surface area contributed by atoms with Crippen molar-refractivity contribution in [1.82, 2.24) is 10.3 Å². The van der Waals surface area contributed by atoms with Crippen LogP contribution in [0.1, 0.15) is 20.8 Å². The maximum atomic E-state index is 12.9. The van der Waals surface area contributed by atoms with Crippen molar-refractivity contribution in [2.75, 3.05) is 0 Å². The predicted octanol–water partition coefficient (Wildman–Crippen LogP) is 5.62. The fourth-order valence-corrected chi connectivity index (χ4v) is 4.18. The molecule has 0 fully saturated rings. The van der Waals surface area contributed by atoms with Crippen molar-refractivity contribution in [3.8, 4) is 0 Å². The lowest BCUT2D eigenvalue weighted by Gasteiger charge is -2.17. The van der Waals surface area contributed by atoms with E-state index in [1.54, 1.807) is 30.3 Å². The van der Waals surface area contributed by atoms with E-state index in [1.807, 2.05) is 35.8 Å². The Hall–Kier alpha value is -2.80. The van der Waals surface area contributed by atoms with Crippen molar-refractivity contribution in [3.63, 3.8) is 0 Å². The Morgan fingerprint density at radius 3 is 2.68 bits per heavy atom. The molecule has 31 heavy (non-hydrogen) atoms. The molecule has 0 radical (unpaired) electrons. The standard InChI is InChI=1S/C23H18Cl2N2O3S/c24-17-8-7-14(10-18(17)25)13-30-23(29)20(27-22(28)21-6-3-9-31-21)11-15-12-26-19-5-2-1-4-16(15)19/h1-10,12,20,26H,11,13H2,(H,27,28). The second-order valence-electron chi connectivity index (χ2n) is 6.92. The molecule has 2 aromatic heterocycles. The molecule has 0 bridgehead atoms. The number of fused-ring (bicyclic) bond motifs is 1. The van der Waals surface area contributed by atoms with Crippen LogP contribution in [-0.4, -0.2) is 22.9 Å². The van der Waals surface area contributed by atoms with Crippen molar-refractivity contribution in [3.05, 3.63) is 92.2 Å². The summed E-state index contributed by atoms with van der Waals surface area (Å²) in [6.45, 7) is 0.0228. The molecule has 0 spiro atoms. The van der Waals surface area contributed by atoms with Gasteiger partial charge in [-0.25, -0.2) is 4.79 Å². The van der Waals surface area contributed by atoms with Crippen LogP contribution < -0.4 is 5.32 Å². The number of hydrogen-bond donors (Lipinski definition) is 2. The molecule has 2 heterocycles. The maximum Gasteiger partial charge on any atom is 0.329 e. The number of H-pyrrole nitrogens is 1. The molecule has 1 unspecified atom stereocenters. The zero-order valence-corrected chi connectivity index (χ0v) is 18.6. The van der Waals surface area contributed by atoms with Crippen molar-refractivity contribution in [1.29, 1.82) is 0 Å². The SMILES string of the molecule is O=C(NC(Cc1c[nH]c2ccccc12)C(=O)OCc1ccc(Cl)c(Cl)c1)c1cccs1. The lowest BCUT2D eigenvalue weighted by atomic mass is 10.0. The number of nitrogens with one attached hydrogen (secondary N) is 2. The Morgan fingerprint density at radius 2 is 1.90 bits per heavy atom. The van der Waals surface area contributed by atoms with E-state index in [0.29, 0.717) is 26.9 Å². The van der Waals surface area contributed by atoms with Crippen LogP contribution in [0.15, 0.2) is 66.2 Å². The Bertz CT molecular complexity index is 1220. The summed E-state index contributed by atoms with van der Waals surface area (Å²) in [6, 6.07) is 15.5. The lowest BCUT2D eigenvalue weighted by Crippen LogP contribution is -2.43. The molecule has 0 aliphatic heterocycles. The minimum atomic E-state index is -0.850. The Kier molecular flexibility index (Phi) is 6.61. The molecule has 1 atom stereocenters. The van der Waals surface area contributed by atoms with Crippen LogP contribution in [0.2, 0.25) is 10.0 Å². The molecule has 8 heteroatoms. The van der Waals surface area contributed by atoms with Gasteiger partial charge >= 0.3 is 5.97 Å². The van der Waals surface area contributed by atoms with E-state index < -0.39 is 12.0 Å². The fourth-order valence-electron chi connectivity index (χ4n) is 3.24. The Morgan fingerprint density at radius 1 is 1.06 bits per heavy atom. The third kappa shape index (κ3) is 5.10. The summed E-state index contributed by atoms with van der Waals surface area (Å²) >= 11 is 13.3. The van der Waals surface area contributed by atoms with Crippen LogP contribution in [0.4, 0.5) is 0 Å². The number of para-hydroxylation sites is 1. The number of carbonyl (C=O) groups excluding carboxylic acids is 2. The highest BCUT2D eigenvalue weighted by Crippen LogP contribution is 2.23. The first kappa shape index (κ1) is 21.4. The number of amides is 1. The van der Waals surface area contributed by atoms with E-state index in [0.717, 1.165) is 16.5 Å². The van der Waals surface area contributed by atoms with Crippen molar-refractivity contribution >= 4 is 57.3 Å². The number of hydrogen-bond acceptors (Lipinski definition) is 4. The number of carbonyl (C=O) groups is 2. The maximum absolute atomic E-state index is 12.9. The summed E-state index contributed by atoms with van der Waals surface area (Å²) in [5, 5.41) is 6.44. The summed E-state index contributed by atoms with van der Waals surface area (Å²) in [6.07, 6.45) is 2.14.